The predicted octanol–water partition coefficient (Wildman–Crippen LogP) is 4.18. The van der Waals surface area contributed by atoms with Crippen molar-refractivity contribution in [3.63, 3.8) is 0 Å². The second-order valence-corrected chi connectivity index (χ2v) is 6.30. The molecular formula is C14H17BrN2S. The van der Waals surface area contributed by atoms with Crippen molar-refractivity contribution in [2.45, 2.75) is 13.1 Å². The zero-order valence-electron chi connectivity index (χ0n) is 10.6. The Labute approximate surface area is 121 Å². The van der Waals surface area contributed by atoms with E-state index in [2.05, 4.69) is 76.0 Å². The van der Waals surface area contributed by atoms with Gasteiger partial charge in [-0.1, -0.05) is 18.2 Å². The number of thiophene rings is 1. The highest BCUT2D eigenvalue weighted by Crippen LogP contribution is 2.24. The van der Waals surface area contributed by atoms with E-state index in [0.717, 1.165) is 13.1 Å². The van der Waals surface area contributed by atoms with Gasteiger partial charge in [0.2, 0.25) is 0 Å². The van der Waals surface area contributed by atoms with E-state index in [9.17, 15) is 0 Å². The van der Waals surface area contributed by atoms with Crippen LogP contribution in [-0.2, 0) is 13.1 Å². The summed E-state index contributed by atoms with van der Waals surface area (Å²) in [4.78, 5) is 3.51. The molecule has 2 nitrogen and oxygen atoms in total. The Bertz CT molecular complexity index is 508. The van der Waals surface area contributed by atoms with Gasteiger partial charge in [-0.25, -0.2) is 0 Å². The maximum atomic E-state index is 3.56. The van der Waals surface area contributed by atoms with E-state index in [-0.39, 0.29) is 0 Å². The third-order valence-corrected chi connectivity index (χ3v) is 4.56. The largest absolute Gasteiger partial charge is 0.380 e. The molecule has 0 unspecified atom stereocenters. The van der Waals surface area contributed by atoms with Crippen LogP contribution in [0.15, 0.2) is 40.2 Å². The van der Waals surface area contributed by atoms with E-state index in [1.54, 1.807) is 11.3 Å². The Kier molecular flexibility index (Phi) is 4.80. The highest BCUT2D eigenvalue weighted by molar-refractivity contribution is 9.10. The summed E-state index contributed by atoms with van der Waals surface area (Å²) in [6, 6.07) is 10.6. The fourth-order valence-electron chi connectivity index (χ4n) is 1.80. The normalized spacial score (nSPS) is 10.9. The lowest BCUT2D eigenvalue weighted by Crippen LogP contribution is -2.12. The van der Waals surface area contributed by atoms with Crippen molar-refractivity contribution < 1.29 is 0 Å². The highest BCUT2D eigenvalue weighted by Gasteiger charge is 2.05. The predicted molar refractivity (Wildman–Crippen MR) is 83.2 cm³/mol. The van der Waals surface area contributed by atoms with Gasteiger partial charge in [-0.2, -0.15) is 0 Å². The molecule has 0 aliphatic rings. The molecule has 0 saturated carbocycles. The molecule has 0 radical (unpaired) electrons. The first kappa shape index (κ1) is 13.6. The van der Waals surface area contributed by atoms with Crippen LogP contribution in [0.25, 0.3) is 0 Å². The standard InChI is InChI=1S/C14H17BrN2S/c1-17(2)10-11-5-3-4-6-13(11)16-9-14-12(15)7-8-18-14/h3-8,16H,9-10H2,1-2H3. The fraction of sp³-hybridized carbons (Fsp3) is 0.286. The van der Waals surface area contributed by atoms with Gasteiger partial charge >= 0.3 is 0 Å². The Hall–Kier alpha value is -0.840. The molecule has 0 bridgehead atoms. The first-order valence-corrected chi connectivity index (χ1v) is 7.52. The molecular weight excluding hydrogens is 308 g/mol. The zero-order chi connectivity index (χ0) is 13.0. The monoisotopic (exact) mass is 324 g/mol. The number of hydrogen-bond donors (Lipinski definition) is 1. The number of anilines is 1. The molecule has 0 fully saturated rings. The van der Waals surface area contributed by atoms with Gasteiger partial charge in [-0.15, -0.1) is 11.3 Å². The second kappa shape index (κ2) is 6.36. The summed E-state index contributed by atoms with van der Waals surface area (Å²) in [6.45, 7) is 1.82. The maximum absolute atomic E-state index is 3.56. The van der Waals surface area contributed by atoms with E-state index in [1.165, 1.54) is 20.6 Å². The van der Waals surface area contributed by atoms with Crippen LogP contribution < -0.4 is 5.32 Å². The lowest BCUT2D eigenvalue weighted by Gasteiger charge is -2.15. The molecule has 18 heavy (non-hydrogen) atoms. The Morgan fingerprint density at radius 3 is 2.67 bits per heavy atom. The number of rotatable bonds is 5. The molecule has 0 aliphatic heterocycles. The molecule has 0 atom stereocenters. The molecule has 1 N–H and O–H groups in total. The minimum atomic E-state index is 0.864. The molecule has 0 aliphatic carbocycles. The minimum Gasteiger partial charge on any atom is -0.380 e. The van der Waals surface area contributed by atoms with E-state index in [0.29, 0.717) is 0 Å². The fourth-order valence-corrected chi connectivity index (χ4v) is 3.23. The van der Waals surface area contributed by atoms with Gasteiger partial charge in [-0.05, 0) is 53.1 Å². The summed E-state index contributed by atoms with van der Waals surface area (Å²) < 4.78 is 1.19. The van der Waals surface area contributed by atoms with Crippen LogP contribution in [0, 0.1) is 0 Å². The maximum Gasteiger partial charge on any atom is 0.0505 e. The van der Waals surface area contributed by atoms with Crippen LogP contribution in [0.2, 0.25) is 0 Å². The van der Waals surface area contributed by atoms with Crippen molar-refractivity contribution in [3.05, 3.63) is 50.6 Å². The second-order valence-electron chi connectivity index (χ2n) is 4.44. The van der Waals surface area contributed by atoms with Gasteiger partial charge < -0.3 is 10.2 Å². The van der Waals surface area contributed by atoms with Crippen LogP contribution in [0.3, 0.4) is 0 Å². The molecule has 0 amide bonds. The molecule has 1 aromatic heterocycles. The number of nitrogens with one attached hydrogen (secondary N) is 1. The third kappa shape index (κ3) is 3.57. The van der Waals surface area contributed by atoms with Gasteiger partial charge in [0.25, 0.3) is 0 Å². The van der Waals surface area contributed by atoms with Crippen molar-refractivity contribution in [2.24, 2.45) is 0 Å². The number of halogens is 1. The minimum absolute atomic E-state index is 0.864. The Morgan fingerprint density at radius 2 is 2.00 bits per heavy atom. The molecule has 2 rings (SSSR count). The summed E-state index contributed by atoms with van der Waals surface area (Å²) >= 11 is 5.33. The first-order chi connectivity index (χ1) is 8.66. The SMILES string of the molecule is CN(C)Cc1ccccc1NCc1sccc1Br. The average molecular weight is 325 g/mol. The van der Waals surface area contributed by atoms with Crippen molar-refractivity contribution in [1.82, 2.24) is 4.90 Å². The van der Waals surface area contributed by atoms with E-state index in [1.807, 2.05) is 0 Å². The van der Waals surface area contributed by atoms with Crippen molar-refractivity contribution >= 4 is 33.0 Å². The van der Waals surface area contributed by atoms with E-state index >= 15 is 0 Å². The summed E-state index contributed by atoms with van der Waals surface area (Å²) in [5, 5.41) is 5.62. The number of nitrogens with zero attached hydrogens (tertiary/aromatic N) is 1. The number of benzene rings is 1. The smallest absolute Gasteiger partial charge is 0.0505 e. The van der Waals surface area contributed by atoms with Crippen molar-refractivity contribution in [1.29, 1.82) is 0 Å². The molecule has 0 spiro atoms. The summed E-state index contributed by atoms with van der Waals surface area (Å²) in [5.74, 6) is 0. The number of hydrogen-bond acceptors (Lipinski definition) is 3. The molecule has 96 valence electrons. The third-order valence-electron chi connectivity index (χ3n) is 2.63. The van der Waals surface area contributed by atoms with Crippen LogP contribution in [-0.4, -0.2) is 19.0 Å². The van der Waals surface area contributed by atoms with Crippen LogP contribution in [0.1, 0.15) is 10.4 Å². The number of para-hydroxylation sites is 1. The molecule has 2 aromatic rings. The van der Waals surface area contributed by atoms with Gasteiger partial charge in [-0.3, -0.25) is 0 Å². The quantitative estimate of drug-likeness (QED) is 0.887. The van der Waals surface area contributed by atoms with Crippen molar-refractivity contribution in [2.75, 3.05) is 19.4 Å². The summed E-state index contributed by atoms with van der Waals surface area (Å²) in [7, 11) is 4.18. The Morgan fingerprint density at radius 1 is 1.22 bits per heavy atom. The highest BCUT2D eigenvalue weighted by atomic mass is 79.9. The summed E-state index contributed by atoms with van der Waals surface area (Å²) in [6.07, 6.45) is 0. The molecule has 0 saturated heterocycles. The van der Waals surface area contributed by atoms with E-state index < -0.39 is 0 Å². The van der Waals surface area contributed by atoms with Crippen LogP contribution in [0.5, 0.6) is 0 Å². The molecule has 1 heterocycles. The van der Waals surface area contributed by atoms with Gasteiger partial charge in [0.15, 0.2) is 0 Å². The zero-order valence-corrected chi connectivity index (χ0v) is 13.0. The molecule has 1 aromatic carbocycles. The van der Waals surface area contributed by atoms with Gasteiger partial charge in [0, 0.05) is 21.6 Å². The lowest BCUT2D eigenvalue weighted by atomic mass is 10.1. The van der Waals surface area contributed by atoms with Crippen molar-refractivity contribution in [3.8, 4) is 0 Å². The molecule has 4 heteroatoms. The van der Waals surface area contributed by atoms with Gasteiger partial charge in [0.05, 0.1) is 6.54 Å². The van der Waals surface area contributed by atoms with E-state index in [4.69, 9.17) is 0 Å². The van der Waals surface area contributed by atoms with Crippen LogP contribution >= 0.6 is 27.3 Å². The summed E-state index contributed by atoms with van der Waals surface area (Å²) in [5.41, 5.74) is 2.54. The topological polar surface area (TPSA) is 15.3 Å². The van der Waals surface area contributed by atoms with Crippen LogP contribution in [0.4, 0.5) is 5.69 Å². The van der Waals surface area contributed by atoms with Gasteiger partial charge in [0.1, 0.15) is 0 Å². The average Bonchev–Trinajstić information content (AvgIpc) is 2.73. The Balaban J connectivity index is 2.07. The first-order valence-electron chi connectivity index (χ1n) is 5.85. The lowest BCUT2D eigenvalue weighted by molar-refractivity contribution is 0.403.